The first-order chi connectivity index (χ1) is 13.6. The summed E-state index contributed by atoms with van der Waals surface area (Å²) in [5.41, 5.74) is 5.07. The van der Waals surface area contributed by atoms with Crippen LogP contribution in [-0.4, -0.2) is 17.2 Å². The van der Waals surface area contributed by atoms with E-state index in [0.29, 0.717) is 5.46 Å². The second-order valence-corrected chi connectivity index (χ2v) is 7.16. The van der Waals surface area contributed by atoms with Crippen molar-refractivity contribution in [2.45, 2.75) is 0 Å². The highest BCUT2D eigenvalue weighted by Gasteiger charge is 2.10. The molecule has 4 aromatic carbocycles. The third-order valence-corrected chi connectivity index (χ3v) is 4.72. The highest BCUT2D eigenvalue weighted by molar-refractivity contribution is 9.10. The van der Waals surface area contributed by atoms with E-state index in [4.69, 9.17) is 10.0 Å². The van der Waals surface area contributed by atoms with Crippen LogP contribution in [0.25, 0.3) is 22.3 Å². The Morgan fingerprint density at radius 3 is 1.46 bits per heavy atom. The van der Waals surface area contributed by atoms with Crippen molar-refractivity contribution >= 4 is 28.5 Å². The van der Waals surface area contributed by atoms with Crippen molar-refractivity contribution in [1.29, 1.82) is 0 Å². The Balaban J connectivity index is 0.000000162. The molecule has 0 atom stereocenters. The van der Waals surface area contributed by atoms with Crippen LogP contribution in [0.3, 0.4) is 0 Å². The molecule has 2 nitrogen and oxygen atoms in total. The molecule has 0 fully saturated rings. The number of benzene rings is 4. The molecule has 0 heterocycles. The molecule has 4 heteroatoms. The largest absolute Gasteiger partial charge is 0.488 e. The van der Waals surface area contributed by atoms with Crippen LogP contribution in [0.1, 0.15) is 0 Å². The maximum absolute atomic E-state index is 9.05. The predicted molar refractivity (Wildman–Crippen MR) is 121 cm³/mol. The molecule has 0 saturated heterocycles. The molecule has 2 N–H and O–H groups in total. The summed E-state index contributed by atoms with van der Waals surface area (Å²) in [5.74, 6) is 0. The fourth-order valence-corrected chi connectivity index (χ4v) is 3.21. The van der Waals surface area contributed by atoms with Crippen LogP contribution in [0.2, 0.25) is 0 Å². The Labute approximate surface area is 174 Å². The van der Waals surface area contributed by atoms with E-state index < -0.39 is 7.12 Å². The van der Waals surface area contributed by atoms with E-state index in [2.05, 4.69) is 52.3 Å². The second kappa shape index (κ2) is 10.0. The van der Waals surface area contributed by atoms with Crippen molar-refractivity contribution in [3.05, 3.63) is 114 Å². The number of hydrogen-bond acceptors (Lipinski definition) is 2. The van der Waals surface area contributed by atoms with Crippen LogP contribution in [-0.2, 0) is 0 Å². The molecule has 0 bridgehead atoms. The predicted octanol–water partition coefficient (Wildman–Crippen LogP) is 5.15. The minimum absolute atomic E-state index is 0.511. The summed E-state index contributed by atoms with van der Waals surface area (Å²) in [4.78, 5) is 0. The molecule has 0 saturated carbocycles. The van der Waals surface area contributed by atoms with E-state index >= 15 is 0 Å². The lowest BCUT2D eigenvalue weighted by Crippen LogP contribution is -2.29. The molecule has 0 aromatic heterocycles. The zero-order valence-electron chi connectivity index (χ0n) is 15.2. The monoisotopic (exact) mass is 430 g/mol. The van der Waals surface area contributed by atoms with E-state index in [9.17, 15) is 0 Å². The molecule has 0 radical (unpaired) electrons. The average molecular weight is 431 g/mol. The molecule has 0 spiro atoms. The van der Waals surface area contributed by atoms with Crippen LogP contribution in [0, 0.1) is 0 Å². The van der Waals surface area contributed by atoms with Gasteiger partial charge < -0.3 is 10.0 Å². The first kappa shape index (κ1) is 20.1. The number of hydrogen-bond donors (Lipinski definition) is 2. The van der Waals surface area contributed by atoms with E-state index in [1.165, 1.54) is 11.1 Å². The van der Waals surface area contributed by atoms with E-state index in [1.54, 1.807) is 12.1 Å². The molecule has 4 aromatic rings. The van der Waals surface area contributed by atoms with Crippen LogP contribution in [0.4, 0.5) is 0 Å². The minimum atomic E-state index is -1.41. The van der Waals surface area contributed by atoms with Gasteiger partial charge in [0.1, 0.15) is 0 Å². The lowest BCUT2D eigenvalue weighted by Gasteiger charge is -2.04. The Hall–Kier alpha value is -2.66. The zero-order chi connectivity index (χ0) is 19.8. The quantitative estimate of drug-likeness (QED) is 0.441. The van der Waals surface area contributed by atoms with Crippen LogP contribution < -0.4 is 5.46 Å². The molecular weight excluding hydrogens is 411 g/mol. The van der Waals surface area contributed by atoms with E-state index in [-0.39, 0.29) is 0 Å². The lowest BCUT2D eigenvalue weighted by molar-refractivity contribution is 0.426. The van der Waals surface area contributed by atoms with Gasteiger partial charge in [-0.2, -0.15) is 0 Å². The number of rotatable bonds is 3. The first-order valence-electron chi connectivity index (χ1n) is 8.96. The van der Waals surface area contributed by atoms with E-state index in [0.717, 1.165) is 15.6 Å². The van der Waals surface area contributed by atoms with Crippen molar-refractivity contribution in [2.24, 2.45) is 0 Å². The molecule has 0 amide bonds. The van der Waals surface area contributed by atoms with E-state index in [1.807, 2.05) is 60.7 Å². The Kier molecular flexibility index (Phi) is 7.21. The SMILES string of the molecule is Brc1cccc(-c2ccccc2)c1.OB(O)c1cccc(-c2ccccc2)c1. The molecule has 0 aliphatic rings. The minimum Gasteiger partial charge on any atom is -0.423 e. The third kappa shape index (κ3) is 5.67. The maximum Gasteiger partial charge on any atom is 0.488 e. The summed E-state index contributed by atoms with van der Waals surface area (Å²) in [6.45, 7) is 0. The topological polar surface area (TPSA) is 40.5 Å². The lowest BCUT2D eigenvalue weighted by atomic mass is 9.79. The summed E-state index contributed by atoms with van der Waals surface area (Å²) in [5, 5.41) is 18.1. The van der Waals surface area contributed by atoms with Gasteiger partial charge in [-0.25, -0.2) is 0 Å². The molecule has 4 rings (SSSR count). The Morgan fingerprint density at radius 2 is 0.964 bits per heavy atom. The van der Waals surface area contributed by atoms with Crippen LogP contribution in [0.15, 0.2) is 114 Å². The van der Waals surface area contributed by atoms with Crippen molar-refractivity contribution in [3.8, 4) is 22.3 Å². The molecule has 0 aliphatic carbocycles. The summed E-state index contributed by atoms with van der Waals surface area (Å²) in [6, 6.07) is 35.7. The maximum atomic E-state index is 9.05. The van der Waals surface area contributed by atoms with Gasteiger partial charge in [0.2, 0.25) is 0 Å². The van der Waals surface area contributed by atoms with Gasteiger partial charge in [0.05, 0.1) is 0 Å². The van der Waals surface area contributed by atoms with Crippen LogP contribution in [0.5, 0.6) is 0 Å². The zero-order valence-corrected chi connectivity index (χ0v) is 16.8. The molecular formula is C24H20BBrO2. The molecule has 0 aliphatic heterocycles. The van der Waals surface area contributed by atoms with Gasteiger partial charge in [-0.3, -0.25) is 0 Å². The Morgan fingerprint density at radius 1 is 0.500 bits per heavy atom. The van der Waals surface area contributed by atoms with Gasteiger partial charge in [0, 0.05) is 4.47 Å². The molecule has 138 valence electrons. The smallest absolute Gasteiger partial charge is 0.423 e. The van der Waals surface area contributed by atoms with Crippen molar-refractivity contribution in [1.82, 2.24) is 0 Å². The fourth-order valence-electron chi connectivity index (χ4n) is 2.81. The highest BCUT2D eigenvalue weighted by Crippen LogP contribution is 2.22. The van der Waals surface area contributed by atoms with Gasteiger partial charge in [0.15, 0.2) is 0 Å². The summed E-state index contributed by atoms with van der Waals surface area (Å²) in [6.07, 6.45) is 0. The average Bonchev–Trinajstić information content (AvgIpc) is 2.75. The summed E-state index contributed by atoms with van der Waals surface area (Å²) < 4.78 is 1.12. The van der Waals surface area contributed by atoms with Crippen molar-refractivity contribution in [2.75, 3.05) is 0 Å². The normalized spacial score (nSPS) is 9.96. The molecule has 28 heavy (non-hydrogen) atoms. The second-order valence-electron chi connectivity index (χ2n) is 6.24. The Bertz CT molecular complexity index is 1010. The summed E-state index contributed by atoms with van der Waals surface area (Å²) in [7, 11) is -1.41. The fraction of sp³-hybridized carbons (Fsp3) is 0. The van der Waals surface area contributed by atoms with Crippen LogP contribution >= 0.6 is 15.9 Å². The van der Waals surface area contributed by atoms with Gasteiger partial charge in [-0.15, -0.1) is 0 Å². The summed E-state index contributed by atoms with van der Waals surface area (Å²) >= 11 is 3.46. The van der Waals surface area contributed by atoms with Crippen molar-refractivity contribution < 1.29 is 10.0 Å². The standard InChI is InChI=1S/C12H11BO2.C12H9Br/c14-13(15)12-8-4-7-11(9-12)10-5-2-1-3-6-10;13-12-8-4-7-11(9-12)10-5-2-1-3-6-10/h1-9,14-15H;1-9H. The van der Waals surface area contributed by atoms with Gasteiger partial charge in [0.25, 0.3) is 0 Å². The number of halogens is 1. The van der Waals surface area contributed by atoms with Gasteiger partial charge in [-0.05, 0) is 39.8 Å². The molecule has 0 unspecified atom stereocenters. The van der Waals surface area contributed by atoms with Gasteiger partial charge in [-0.1, -0.05) is 113 Å². The highest BCUT2D eigenvalue weighted by atomic mass is 79.9. The third-order valence-electron chi connectivity index (χ3n) is 4.22. The first-order valence-corrected chi connectivity index (χ1v) is 9.75. The van der Waals surface area contributed by atoms with Crippen molar-refractivity contribution in [3.63, 3.8) is 0 Å². The van der Waals surface area contributed by atoms with Gasteiger partial charge >= 0.3 is 7.12 Å².